The van der Waals surface area contributed by atoms with Gasteiger partial charge in [-0.3, -0.25) is 0 Å². The molecule has 3 aromatic carbocycles. The molecule has 3 aromatic rings. The molecule has 0 fully saturated rings. The van der Waals surface area contributed by atoms with Gasteiger partial charge in [0.1, 0.15) is 17.3 Å². The first-order valence-corrected chi connectivity index (χ1v) is 5.87. The molecule has 2 nitrogen and oxygen atoms in total. The molecule has 0 saturated heterocycles. The third kappa shape index (κ3) is 1.80. The van der Waals surface area contributed by atoms with Crippen molar-refractivity contribution in [2.75, 3.05) is 0 Å². The summed E-state index contributed by atoms with van der Waals surface area (Å²) in [4.78, 5) is 0. The fourth-order valence-corrected chi connectivity index (χ4v) is 2.28. The molecule has 0 aliphatic carbocycles. The van der Waals surface area contributed by atoms with Crippen molar-refractivity contribution in [3.8, 4) is 22.6 Å². The lowest BCUT2D eigenvalue weighted by Crippen LogP contribution is -1.86. The van der Waals surface area contributed by atoms with Gasteiger partial charge in [-0.05, 0) is 29.1 Å². The Kier molecular flexibility index (Phi) is 2.60. The van der Waals surface area contributed by atoms with E-state index in [0.29, 0.717) is 21.9 Å². The van der Waals surface area contributed by atoms with Crippen molar-refractivity contribution in [2.24, 2.45) is 0 Å². The molecule has 0 aromatic heterocycles. The highest BCUT2D eigenvalue weighted by atomic mass is 19.1. The summed E-state index contributed by atoms with van der Waals surface area (Å²) in [7, 11) is 0. The number of hydrogen-bond donors (Lipinski definition) is 2. The van der Waals surface area contributed by atoms with Crippen molar-refractivity contribution in [3.05, 3.63) is 60.4 Å². The van der Waals surface area contributed by atoms with Gasteiger partial charge in [0.25, 0.3) is 0 Å². The fourth-order valence-electron chi connectivity index (χ4n) is 2.28. The smallest absolute Gasteiger partial charge is 0.131 e. The minimum atomic E-state index is -0.325. The van der Waals surface area contributed by atoms with Crippen molar-refractivity contribution in [1.82, 2.24) is 0 Å². The number of hydrogen-bond acceptors (Lipinski definition) is 2. The van der Waals surface area contributed by atoms with Gasteiger partial charge in [0.05, 0.1) is 5.56 Å². The molecule has 3 heteroatoms. The van der Waals surface area contributed by atoms with Gasteiger partial charge in [-0.25, -0.2) is 4.39 Å². The highest BCUT2D eigenvalue weighted by Crippen LogP contribution is 2.40. The normalized spacial score (nSPS) is 10.8. The second kappa shape index (κ2) is 4.28. The van der Waals surface area contributed by atoms with E-state index in [9.17, 15) is 14.6 Å². The van der Waals surface area contributed by atoms with Crippen LogP contribution in [0.4, 0.5) is 4.39 Å². The lowest BCUT2D eigenvalue weighted by atomic mass is 9.96. The molecule has 0 amide bonds. The highest BCUT2D eigenvalue weighted by molar-refractivity contribution is 5.99. The van der Waals surface area contributed by atoms with E-state index in [1.165, 1.54) is 18.2 Å². The minimum absolute atomic E-state index is 0.0308. The number of fused-ring (bicyclic) bond motifs is 1. The summed E-state index contributed by atoms with van der Waals surface area (Å²) in [5, 5.41) is 21.0. The van der Waals surface area contributed by atoms with E-state index in [4.69, 9.17) is 0 Å². The molecule has 0 radical (unpaired) electrons. The first-order chi connectivity index (χ1) is 9.18. The van der Waals surface area contributed by atoms with Gasteiger partial charge in [0.15, 0.2) is 0 Å². The van der Waals surface area contributed by atoms with E-state index in [0.717, 1.165) is 0 Å². The van der Waals surface area contributed by atoms with Crippen molar-refractivity contribution >= 4 is 10.8 Å². The van der Waals surface area contributed by atoms with Gasteiger partial charge in [-0.2, -0.15) is 0 Å². The molecular formula is C16H11FO2. The van der Waals surface area contributed by atoms with Crippen LogP contribution < -0.4 is 0 Å². The molecule has 19 heavy (non-hydrogen) atoms. The Morgan fingerprint density at radius 3 is 2.00 bits per heavy atom. The van der Waals surface area contributed by atoms with E-state index in [1.54, 1.807) is 36.4 Å². The molecule has 0 aliphatic heterocycles. The van der Waals surface area contributed by atoms with Crippen LogP contribution in [0.1, 0.15) is 0 Å². The van der Waals surface area contributed by atoms with Crippen LogP contribution in [0.25, 0.3) is 21.9 Å². The van der Waals surface area contributed by atoms with Crippen LogP contribution in [-0.2, 0) is 0 Å². The summed E-state index contributed by atoms with van der Waals surface area (Å²) >= 11 is 0. The van der Waals surface area contributed by atoms with E-state index in [2.05, 4.69) is 0 Å². The number of phenols is 2. The standard InChI is InChI=1S/C16H11FO2/c17-13-9-8-12(10-4-1-2-5-11(10)13)16-14(18)6-3-7-15(16)19/h1-9,18-19H. The number of rotatable bonds is 1. The Balaban J connectivity index is 2.41. The van der Waals surface area contributed by atoms with Gasteiger partial charge >= 0.3 is 0 Å². The van der Waals surface area contributed by atoms with Crippen LogP contribution in [0.2, 0.25) is 0 Å². The number of halogens is 1. The van der Waals surface area contributed by atoms with E-state index in [1.807, 2.05) is 0 Å². The first kappa shape index (κ1) is 11.5. The zero-order valence-electron chi connectivity index (χ0n) is 9.97. The molecule has 0 unspecified atom stereocenters. The molecule has 2 N–H and O–H groups in total. The Morgan fingerprint density at radius 1 is 0.684 bits per heavy atom. The molecule has 0 saturated carbocycles. The monoisotopic (exact) mass is 254 g/mol. The number of phenolic OH excluding ortho intramolecular Hbond substituents is 2. The summed E-state index contributed by atoms with van der Waals surface area (Å²) < 4.78 is 13.8. The maximum Gasteiger partial charge on any atom is 0.131 e. The Morgan fingerprint density at radius 2 is 1.32 bits per heavy atom. The van der Waals surface area contributed by atoms with Crippen molar-refractivity contribution in [1.29, 1.82) is 0 Å². The molecule has 0 heterocycles. The lowest BCUT2D eigenvalue weighted by molar-refractivity contribution is 0.454. The molecule has 94 valence electrons. The van der Waals surface area contributed by atoms with Gasteiger partial charge in [-0.15, -0.1) is 0 Å². The van der Waals surface area contributed by atoms with Crippen molar-refractivity contribution in [2.45, 2.75) is 0 Å². The predicted molar refractivity (Wildman–Crippen MR) is 72.7 cm³/mol. The van der Waals surface area contributed by atoms with Crippen LogP contribution in [-0.4, -0.2) is 10.2 Å². The van der Waals surface area contributed by atoms with Crippen molar-refractivity contribution in [3.63, 3.8) is 0 Å². The summed E-state index contributed by atoms with van der Waals surface area (Å²) in [6.45, 7) is 0. The molecular weight excluding hydrogens is 243 g/mol. The zero-order valence-corrected chi connectivity index (χ0v) is 9.97. The van der Waals surface area contributed by atoms with Crippen LogP contribution in [0.3, 0.4) is 0 Å². The topological polar surface area (TPSA) is 40.5 Å². The maximum atomic E-state index is 13.8. The largest absolute Gasteiger partial charge is 0.507 e. The summed E-state index contributed by atoms with van der Waals surface area (Å²) in [6, 6.07) is 14.4. The summed E-state index contributed by atoms with van der Waals surface area (Å²) in [5.41, 5.74) is 0.923. The third-order valence-corrected chi connectivity index (χ3v) is 3.16. The zero-order chi connectivity index (χ0) is 13.4. The number of benzene rings is 3. The van der Waals surface area contributed by atoms with Gasteiger partial charge in [0.2, 0.25) is 0 Å². The van der Waals surface area contributed by atoms with Gasteiger partial charge in [-0.1, -0.05) is 36.4 Å². The van der Waals surface area contributed by atoms with Crippen molar-refractivity contribution < 1.29 is 14.6 Å². The summed E-state index contributed by atoms with van der Waals surface area (Å²) in [5.74, 6) is -0.386. The van der Waals surface area contributed by atoms with Crippen LogP contribution in [0.15, 0.2) is 54.6 Å². The molecule has 0 spiro atoms. The third-order valence-electron chi connectivity index (χ3n) is 3.16. The maximum absolute atomic E-state index is 13.8. The Labute approximate surface area is 109 Å². The predicted octanol–water partition coefficient (Wildman–Crippen LogP) is 4.06. The Bertz CT molecular complexity index is 746. The molecule has 3 rings (SSSR count). The van der Waals surface area contributed by atoms with E-state index < -0.39 is 0 Å². The average Bonchev–Trinajstić information content (AvgIpc) is 2.41. The first-order valence-electron chi connectivity index (χ1n) is 5.87. The number of aromatic hydroxyl groups is 2. The minimum Gasteiger partial charge on any atom is -0.507 e. The summed E-state index contributed by atoms with van der Waals surface area (Å²) in [6.07, 6.45) is 0. The highest BCUT2D eigenvalue weighted by Gasteiger charge is 2.14. The molecule has 0 bridgehead atoms. The van der Waals surface area contributed by atoms with Crippen LogP contribution in [0.5, 0.6) is 11.5 Å². The second-order valence-corrected chi connectivity index (χ2v) is 4.31. The SMILES string of the molecule is Oc1cccc(O)c1-c1ccc(F)c2ccccc12. The van der Waals surface area contributed by atoms with Gasteiger partial charge < -0.3 is 10.2 Å². The van der Waals surface area contributed by atoms with E-state index >= 15 is 0 Å². The molecule has 0 aliphatic rings. The fraction of sp³-hybridized carbons (Fsp3) is 0. The lowest BCUT2D eigenvalue weighted by Gasteiger charge is -2.11. The van der Waals surface area contributed by atoms with E-state index in [-0.39, 0.29) is 17.3 Å². The quantitative estimate of drug-likeness (QED) is 0.687. The van der Waals surface area contributed by atoms with Crippen LogP contribution in [0, 0.1) is 5.82 Å². The van der Waals surface area contributed by atoms with Gasteiger partial charge in [0, 0.05) is 5.39 Å². The van der Waals surface area contributed by atoms with Crippen LogP contribution >= 0.6 is 0 Å². The molecule has 0 atom stereocenters. The average molecular weight is 254 g/mol. The second-order valence-electron chi connectivity index (χ2n) is 4.31. The Hall–Kier alpha value is -2.55.